The largest absolute Gasteiger partial charge is 0.508 e. The maximum atomic E-state index is 13.9. The molecule has 216 valence electrons. The Hall–Kier alpha value is -4.66. The number of nitrogens with zero attached hydrogens (tertiary/aromatic N) is 1. The standard InChI is InChI=1S/C33H31NO8/c1-16-12-24(36)23-15-22-20(28(29(23)31(16)38)30-25(37)13-19(41-2)14-26(30)42-3)8-9-21-27(22)33(40)34(32(21)39)11-10-17-4-6-18(35)7-5-17/h4-8,12-14,21-22,27-28,35,37H,9-11,15H2,1-3H3/t21-,22+,27-,28-/m0/s1. The average molecular weight is 570 g/mol. The summed E-state index contributed by atoms with van der Waals surface area (Å²) in [5.74, 6) is -3.16. The van der Waals surface area contributed by atoms with Crippen molar-refractivity contribution in [1.82, 2.24) is 4.90 Å². The summed E-state index contributed by atoms with van der Waals surface area (Å²) in [6.45, 7) is 1.79. The zero-order valence-corrected chi connectivity index (χ0v) is 23.5. The predicted octanol–water partition coefficient (Wildman–Crippen LogP) is 3.79. The molecule has 0 aromatic heterocycles. The second-order valence-electron chi connectivity index (χ2n) is 11.2. The fraction of sp³-hybridized carbons (Fsp3) is 0.333. The molecule has 0 saturated carbocycles. The number of phenols is 2. The summed E-state index contributed by atoms with van der Waals surface area (Å²) in [7, 11) is 2.91. The highest BCUT2D eigenvalue weighted by Gasteiger charge is 2.56. The van der Waals surface area contributed by atoms with Crippen molar-refractivity contribution in [3.63, 3.8) is 0 Å². The van der Waals surface area contributed by atoms with Crippen LogP contribution in [0, 0.1) is 17.8 Å². The van der Waals surface area contributed by atoms with Crippen molar-refractivity contribution in [3.8, 4) is 23.0 Å². The number of hydrogen-bond donors (Lipinski definition) is 2. The second kappa shape index (κ2) is 10.3. The molecule has 3 aliphatic carbocycles. The van der Waals surface area contributed by atoms with E-state index in [2.05, 4.69) is 0 Å². The van der Waals surface area contributed by atoms with E-state index in [-0.39, 0.29) is 59.2 Å². The highest BCUT2D eigenvalue weighted by molar-refractivity contribution is 6.24. The SMILES string of the molecule is COc1cc(O)c([C@H]2C3=CC[C@@H]4C(=O)N(CCc5ccc(O)cc5)C(=O)[C@@H]4[C@@H]3CC3=C2C(=O)C(C)=CC3=O)c(OC)c1. The number of ether oxygens (including phenoxy) is 2. The van der Waals surface area contributed by atoms with Gasteiger partial charge in [-0.15, -0.1) is 0 Å². The number of hydrogen-bond acceptors (Lipinski definition) is 8. The zero-order valence-electron chi connectivity index (χ0n) is 23.5. The van der Waals surface area contributed by atoms with Gasteiger partial charge in [0.25, 0.3) is 0 Å². The molecule has 1 heterocycles. The van der Waals surface area contributed by atoms with E-state index in [1.165, 1.54) is 31.3 Å². The molecule has 4 atom stereocenters. The average Bonchev–Trinajstić information content (AvgIpc) is 3.23. The molecule has 0 unspecified atom stereocenters. The number of carbonyl (C=O) groups excluding carboxylic acids is 4. The normalized spacial score (nSPS) is 25.1. The Labute approximate surface area is 242 Å². The molecule has 0 spiro atoms. The number of imide groups is 1. The Morgan fingerprint density at radius 1 is 0.952 bits per heavy atom. The lowest BCUT2D eigenvalue weighted by Gasteiger charge is -2.42. The summed E-state index contributed by atoms with van der Waals surface area (Å²) >= 11 is 0. The summed E-state index contributed by atoms with van der Waals surface area (Å²) in [4.78, 5) is 55.8. The van der Waals surface area contributed by atoms with Gasteiger partial charge in [-0.3, -0.25) is 24.1 Å². The molecule has 2 aromatic rings. The molecule has 4 aliphatic rings. The van der Waals surface area contributed by atoms with Gasteiger partial charge in [-0.05, 0) is 55.9 Å². The molecule has 2 amide bonds. The number of carbonyl (C=O) groups is 4. The third-order valence-electron chi connectivity index (χ3n) is 9.05. The molecular formula is C33H31NO8. The zero-order chi connectivity index (χ0) is 29.9. The van der Waals surface area contributed by atoms with Gasteiger partial charge in [0.1, 0.15) is 23.0 Å². The first-order valence-electron chi connectivity index (χ1n) is 13.9. The molecule has 2 aromatic carbocycles. The van der Waals surface area contributed by atoms with Crippen molar-refractivity contribution in [3.05, 3.63) is 82.0 Å². The highest BCUT2D eigenvalue weighted by Crippen LogP contribution is 2.57. The van der Waals surface area contributed by atoms with Gasteiger partial charge >= 0.3 is 0 Å². The number of allylic oxidation sites excluding steroid dienone is 6. The summed E-state index contributed by atoms with van der Waals surface area (Å²) in [6.07, 6.45) is 4.12. The number of aromatic hydroxyl groups is 2. The molecule has 1 aliphatic heterocycles. The number of fused-ring (bicyclic) bond motifs is 3. The van der Waals surface area contributed by atoms with Crippen molar-refractivity contribution < 1.29 is 38.9 Å². The van der Waals surface area contributed by atoms with Crippen LogP contribution in [0.5, 0.6) is 23.0 Å². The summed E-state index contributed by atoms with van der Waals surface area (Å²) in [6, 6.07) is 9.67. The minimum absolute atomic E-state index is 0.137. The van der Waals surface area contributed by atoms with Gasteiger partial charge in [-0.2, -0.15) is 0 Å². The lowest BCUT2D eigenvalue weighted by molar-refractivity contribution is -0.140. The fourth-order valence-corrected chi connectivity index (χ4v) is 7.05. The van der Waals surface area contributed by atoms with Crippen molar-refractivity contribution in [2.75, 3.05) is 20.8 Å². The third kappa shape index (κ3) is 4.22. The van der Waals surface area contributed by atoms with E-state index in [1.807, 2.05) is 6.08 Å². The van der Waals surface area contributed by atoms with Gasteiger partial charge in [-0.25, -0.2) is 0 Å². The number of phenolic OH excluding ortho intramolecular Hbond substituents is 2. The van der Waals surface area contributed by atoms with Crippen LogP contribution in [0.3, 0.4) is 0 Å². The molecule has 1 saturated heterocycles. The van der Waals surface area contributed by atoms with Crippen LogP contribution in [0.15, 0.2) is 70.8 Å². The van der Waals surface area contributed by atoms with E-state index >= 15 is 0 Å². The summed E-state index contributed by atoms with van der Waals surface area (Å²) < 4.78 is 11.0. The minimum Gasteiger partial charge on any atom is -0.508 e. The Kier molecular flexibility index (Phi) is 6.75. The number of rotatable bonds is 6. The molecule has 1 fully saturated rings. The van der Waals surface area contributed by atoms with Gasteiger partial charge in [0.2, 0.25) is 11.8 Å². The van der Waals surface area contributed by atoms with Gasteiger partial charge in [0.05, 0.1) is 26.1 Å². The quantitative estimate of drug-likeness (QED) is 0.305. The lowest BCUT2D eigenvalue weighted by atomic mass is 9.59. The van der Waals surface area contributed by atoms with Crippen molar-refractivity contribution in [1.29, 1.82) is 0 Å². The van der Waals surface area contributed by atoms with Gasteiger partial charge < -0.3 is 19.7 Å². The number of likely N-dealkylation sites (tertiary alicyclic amines) is 1. The molecule has 9 nitrogen and oxygen atoms in total. The van der Waals surface area contributed by atoms with Crippen LogP contribution in [0.25, 0.3) is 0 Å². The van der Waals surface area contributed by atoms with Crippen LogP contribution >= 0.6 is 0 Å². The van der Waals surface area contributed by atoms with Crippen LogP contribution in [-0.2, 0) is 25.6 Å². The Bertz CT molecular complexity index is 1630. The van der Waals surface area contributed by atoms with Gasteiger partial charge in [-0.1, -0.05) is 23.8 Å². The molecule has 6 rings (SSSR count). The van der Waals surface area contributed by atoms with Crippen LogP contribution in [0.4, 0.5) is 0 Å². The molecule has 0 bridgehead atoms. The van der Waals surface area contributed by atoms with Gasteiger partial charge in [0, 0.05) is 46.9 Å². The van der Waals surface area contributed by atoms with Crippen molar-refractivity contribution in [2.45, 2.75) is 32.1 Å². The maximum absolute atomic E-state index is 13.9. The van der Waals surface area contributed by atoms with Crippen LogP contribution < -0.4 is 9.47 Å². The first kappa shape index (κ1) is 27.5. The van der Waals surface area contributed by atoms with E-state index in [0.717, 1.165) is 11.1 Å². The van der Waals surface area contributed by atoms with E-state index in [4.69, 9.17) is 9.47 Å². The lowest BCUT2D eigenvalue weighted by Crippen LogP contribution is -2.40. The number of ketones is 2. The summed E-state index contributed by atoms with van der Waals surface area (Å²) in [5.41, 5.74) is 2.81. The monoisotopic (exact) mass is 569 g/mol. The number of amides is 2. The molecule has 9 heteroatoms. The van der Waals surface area contributed by atoms with Gasteiger partial charge in [0.15, 0.2) is 11.6 Å². The van der Waals surface area contributed by atoms with Crippen LogP contribution in [0.2, 0.25) is 0 Å². The smallest absolute Gasteiger partial charge is 0.233 e. The molecule has 42 heavy (non-hydrogen) atoms. The Morgan fingerprint density at radius 3 is 2.38 bits per heavy atom. The van der Waals surface area contributed by atoms with E-state index < -0.39 is 23.7 Å². The molecule has 2 N–H and O–H groups in total. The van der Waals surface area contributed by atoms with E-state index in [0.29, 0.717) is 35.3 Å². The Balaban J connectivity index is 1.42. The van der Waals surface area contributed by atoms with Crippen LogP contribution in [0.1, 0.15) is 36.8 Å². The van der Waals surface area contributed by atoms with Crippen LogP contribution in [-0.4, -0.2) is 59.3 Å². The summed E-state index contributed by atoms with van der Waals surface area (Å²) in [5, 5.41) is 20.8. The fourth-order valence-electron chi connectivity index (χ4n) is 7.05. The third-order valence-corrected chi connectivity index (χ3v) is 9.05. The number of benzene rings is 2. The first-order chi connectivity index (χ1) is 20.1. The van der Waals surface area contributed by atoms with E-state index in [9.17, 15) is 29.4 Å². The minimum atomic E-state index is -0.838. The van der Waals surface area contributed by atoms with Crippen molar-refractivity contribution in [2.24, 2.45) is 17.8 Å². The highest BCUT2D eigenvalue weighted by atomic mass is 16.5. The molecule has 0 radical (unpaired) electrons. The Morgan fingerprint density at radius 2 is 1.69 bits per heavy atom. The molecular weight excluding hydrogens is 538 g/mol. The topological polar surface area (TPSA) is 130 Å². The number of Topliss-reactive ketones (excluding diaryl/α,β-unsaturated/α-hetero) is 1. The van der Waals surface area contributed by atoms with Crippen molar-refractivity contribution >= 4 is 23.4 Å². The first-order valence-corrected chi connectivity index (χ1v) is 13.9. The predicted molar refractivity (Wildman–Crippen MR) is 151 cm³/mol. The van der Waals surface area contributed by atoms with E-state index in [1.54, 1.807) is 37.3 Å². The second-order valence-corrected chi connectivity index (χ2v) is 11.2. The number of methoxy groups -OCH3 is 2. The maximum Gasteiger partial charge on any atom is 0.233 e.